The molecule has 1 aliphatic rings. The van der Waals surface area contributed by atoms with Crippen LogP contribution in [-0.4, -0.2) is 25.8 Å². The van der Waals surface area contributed by atoms with E-state index in [0.29, 0.717) is 11.8 Å². The maximum Gasteiger partial charge on any atom is 0.352 e. The first-order chi connectivity index (χ1) is 10.1. The number of fused-ring (bicyclic) bond motifs is 1. The van der Waals surface area contributed by atoms with Gasteiger partial charge in [-0.1, -0.05) is 31.2 Å². The van der Waals surface area contributed by atoms with Crippen LogP contribution in [0.2, 0.25) is 0 Å². The highest BCUT2D eigenvalue weighted by molar-refractivity contribution is 5.90. The zero-order valence-electron chi connectivity index (χ0n) is 11.9. The predicted octanol–water partition coefficient (Wildman–Crippen LogP) is 2.13. The Bertz CT molecular complexity index is 716. The highest BCUT2D eigenvalue weighted by Gasteiger charge is 2.26. The standard InChI is InChI=1S/C15H16N4O2/c1-3-10-4-6-11(7-5-10)13-8-12(14(20)21)17-15-16-9(2)18-19(13)15/h4-8,13H,3H2,1-2H3,(H,20,21)(H,16,17,18). The number of carboxylic acid groups (broad SMARTS) is 1. The maximum atomic E-state index is 11.3. The quantitative estimate of drug-likeness (QED) is 0.902. The van der Waals surface area contributed by atoms with E-state index >= 15 is 0 Å². The van der Waals surface area contributed by atoms with Gasteiger partial charge in [-0.05, 0) is 30.5 Å². The highest BCUT2D eigenvalue weighted by atomic mass is 16.4. The summed E-state index contributed by atoms with van der Waals surface area (Å²) < 4.78 is 1.71. The predicted molar refractivity (Wildman–Crippen MR) is 78.1 cm³/mol. The van der Waals surface area contributed by atoms with Crippen LogP contribution in [0.1, 0.15) is 29.9 Å². The molecule has 2 heterocycles. The molecule has 0 bridgehead atoms. The van der Waals surface area contributed by atoms with Gasteiger partial charge in [0, 0.05) is 0 Å². The number of carboxylic acids is 1. The van der Waals surface area contributed by atoms with Gasteiger partial charge in [0.25, 0.3) is 0 Å². The van der Waals surface area contributed by atoms with Gasteiger partial charge in [-0.25, -0.2) is 9.48 Å². The zero-order valence-corrected chi connectivity index (χ0v) is 11.9. The third-order valence-electron chi connectivity index (χ3n) is 3.53. The van der Waals surface area contributed by atoms with E-state index in [1.807, 2.05) is 12.1 Å². The number of anilines is 1. The Labute approximate surface area is 122 Å². The second-order valence-electron chi connectivity index (χ2n) is 4.98. The van der Waals surface area contributed by atoms with Gasteiger partial charge in [-0.2, -0.15) is 10.1 Å². The summed E-state index contributed by atoms with van der Waals surface area (Å²) in [6, 6.07) is 7.85. The van der Waals surface area contributed by atoms with Crippen molar-refractivity contribution in [2.24, 2.45) is 0 Å². The van der Waals surface area contributed by atoms with Crippen molar-refractivity contribution in [1.82, 2.24) is 14.8 Å². The summed E-state index contributed by atoms with van der Waals surface area (Å²) in [5.41, 5.74) is 2.35. The van der Waals surface area contributed by atoms with Crippen molar-refractivity contribution in [1.29, 1.82) is 0 Å². The lowest BCUT2D eigenvalue weighted by Gasteiger charge is -2.22. The Kier molecular flexibility index (Phi) is 3.21. The van der Waals surface area contributed by atoms with Gasteiger partial charge in [-0.3, -0.25) is 0 Å². The van der Waals surface area contributed by atoms with Crippen LogP contribution in [0.3, 0.4) is 0 Å². The third-order valence-corrected chi connectivity index (χ3v) is 3.53. The fourth-order valence-corrected chi connectivity index (χ4v) is 2.41. The van der Waals surface area contributed by atoms with Crippen molar-refractivity contribution < 1.29 is 9.90 Å². The minimum Gasteiger partial charge on any atom is -0.477 e. The number of benzene rings is 1. The van der Waals surface area contributed by atoms with Gasteiger partial charge < -0.3 is 10.4 Å². The van der Waals surface area contributed by atoms with Crippen LogP contribution < -0.4 is 5.32 Å². The van der Waals surface area contributed by atoms with Crippen LogP contribution in [0.25, 0.3) is 0 Å². The van der Waals surface area contributed by atoms with E-state index in [0.717, 1.165) is 12.0 Å². The van der Waals surface area contributed by atoms with Crippen molar-refractivity contribution in [2.45, 2.75) is 26.3 Å². The van der Waals surface area contributed by atoms with Gasteiger partial charge in [-0.15, -0.1) is 0 Å². The summed E-state index contributed by atoms with van der Waals surface area (Å²) in [5.74, 6) is 0.0572. The number of aryl methyl sites for hydroxylation is 2. The molecule has 0 fully saturated rings. The first-order valence-electron chi connectivity index (χ1n) is 6.82. The number of hydrogen-bond donors (Lipinski definition) is 2. The molecule has 6 nitrogen and oxygen atoms in total. The minimum atomic E-state index is -1.00. The number of carbonyl (C=O) groups is 1. The fourth-order valence-electron chi connectivity index (χ4n) is 2.41. The van der Waals surface area contributed by atoms with Crippen molar-refractivity contribution in [3.63, 3.8) is 0 Å². The monoisotopic (exact) mass is 284 g/mol. The molecule has 2 aromatic rings. The number of nitrogens with one attached hydrogen (secondary N) is 1. The molecule has 0 spiro atoms. The average molecular weight is 284 g/mol. The lowest BCUT2D eigenvalue weighted by molar-refractivity contribution is -0.132. The van der Waals surface area contributed by atoms with Crippen LogP contribution >= 0.6 is 0 Å². The van der Waals surface area contributed by atoms with E-state index in [2.05, 4.69) is 34.5 Å². The van der Waals surface area contributed by atoms with Crippen molar-refractivity contribution >= 4 is 11.9 Å². The summed E-state index contributed by atoms with van der Waals surface area (Å²) in [4.78, 5) is 15.5. The molecule has 1 atom stereocenters. The summed E-state index contributed by atoms with van der Waals surface area (Å²) in [7, 11) is 0. The lowest BCUT2D eigenvalue weighted by atomic mass is 10.0. The molecule has 0 amide bonds. The lowest BCUT2D eigenvalue weighted by Crippen LogP contribution is -2.24. The second-order valence-corrected chi connectivity index (χ2v) is 4.98. The fraction of sp³-hybridized carbons (Fsp3) is 0.267. The number of rotatable bonds is 3. The van der Waals surface area contributed by atoms with Gasteiger partial charge in [0.05, 0.1) is 0 Å². The van der Waals surface area contributed by atoms with E-state index in [1.54, 1.807) is 17.7 Å². The summed E-state index contributed by atoms with van der Waals surface area (Å²) in [6.45, 7) is 3.88. The molecule has 0 saturated carbocycles. The third kappa shape index (κ3) is 2.40. The summed E-state index contributed by atoms with van der Waals surface area (Å²) in [5, 5.41) is 16.4. The molecule has 2 N–H and O–H groups in total. The molecule has 21 heavy (non-hydrogen) atoms. The average Bonchev–Trinajstić information content (AvgIpc) is 2.86. The molecule has 1 aromatic carbocycles. The Morgan fingerprint density at radius 1 is 1.38 bits per heavy atom. The Morgan fingerprint density at radius 3 is 2.71 bits per heavy atom. The maximum absolute atomic E-state index is 11.3. The van der Waals surface area contributed by atoms with E-state index in [-0.39, 0.29) is 11.7 Å². The van der Waals surface area contributed by atoms with Crippen molar-refractivity contribution in [3.8, 4) is 0 Å². The number of hydrogen-bond acceptors (Lipinski definition) is 4. The van der Waals surface area contributed by atoms with Gasteiger partial charge in [0.15, 0.2) is 0 Å². The Morgan fingerprint density at radius 2 is 2.10 bits per heavy atom. The van der Waals surface area contributed by atoms with Gasteiger partial charge in [0.2, 0.25) is 5.95 Å². The molecular weight excluding hydrogens is 268 g/mol. The molecule has 0 radical (unpaired) electrons. The molecule has 6 heteroatoms. The highest BCUT2D eigenvalue weighted by Crippen LogP contribution is 2.29. The number of nitrogens with zero attached hydrogens (tertiary/aromatic N) is 3. The molecule has 1 aromatic heterocycles. The van der Waals surface area contributed by atoms with E-state index in [1.165, 1.54) is 5.56 Å². The van der Waals surface area contributed by atoms with Crippen LogP contribution in [0.15, 0.2) is 36.0 Å². The molecule has 3 rings (SSSR count). The molecule has 1 unspecified atom stereocenters. The molecule has 108 valence electrons. The minimum absolute atomic E-state index is 0.125. The number of allylic oxidation sites excluding steroid dienone is 1. The molecular formula is C15H16N4O2. The van der Waals surface area contributed by atoms with Crippen LogP contribution in [-0.2, 0) is 11.2 Å². The largest absolute Gasteiger partial charge is 0.477 e. The van der Waals surface area contributed by atoms with Crippen LogP contribution in [0, 0.1) is 6.92 Å². The number of aromatic nitrogens is 3. The smallest absolute Gasteiger partial charge is 0.352 e. The van der Waals surface area contributed by atoms with E-state index in [9.17, 15) is 9.90 Å². The second kappa shape index (κ2) is 5.05. The van der Waals surface area contributed by atoms with E-state index in [4.69, 9.17) is 0 Å². The topological polar surface area (TPSA) is 80.0 Å². The van der Waals surface area contributed by atoms with Crippen LogP contribution in [0.4, 0.5) is 5.95 Å². The zero-order chi connectivity index (χ0) is 15.0. The van der Waals surface area contributed by atoms with Gasteiger partial charge >= 0.3 is 5.97 Å². The summed E-state index contributed by atoms with van der Waals surface area (Å²) in [6.07, 6.45) is 2.63. The van der Waals surface area contributed by atoms with E-state index < -0.39 is 5.97 Å². The van der Waals surface area contributed by atoms with Crippen LogP contribution in [0.5, 0.6) is 0 Å². The number of aliphatic carboxylic acids is 1. The molecule has 0 saturated heterocycles. The molecule has 1 aliphatic heterocycles. The first kappa shape index (κ1) is 13.4. The van der Waals surface area contributed by atoms with Gasteiger partial charge in [0.1, 0.15) is 17.6 Å². The van der Waals surface area contributed by atoms with Crippen molar-refractivity contribution in [3.05, 3.63) is 53.0 Å². The first-order valence-corrected chi connectivity index (χ1v) is 6.82. The normalized spacial score (nSPS) is 16.9. The SMILES string of the molecule is CCc1ccc(C2C=C(C(=O)O)Nc3nc(C)nn32)cc1. The van der Waals surface area contributed by atoms with Crippen molar-refractivity contribution in [2.75, 3.05) is 5.32 Å². The Balaban J connectivity index is 2.07. The molecule has 0 aliphatic carbocycles. The summed E-state index contributed by atoms with van der Waals surface area (Å²) >= 11 is 0. The Hall–Kier alpha value is -2.63.